The average Bonchev–Trinajstić information content (AvgIpc) is 2.68. The summed E-state index contributed by atoms with van der Waals surface area (Å²) in [4.78, 5) is 0. The standard InChI is InChI=1S/C13H22N2/c1-2-6-13-9-14-15(11-13)10-12-7-4-3-5-8-12/h9,11-12H,2-8,10H2,1H3. The van der Waals surface area contributed by atoms with Crippen LogP contribution in [0.2, 0.25) is 0 Å². The molecule has 0 unspecified atom stereocenters. The summed E-state index contributed by atoms with van der Waals surface area (Å²) in [5, 5.41) is 4.45. The van der Waals surface area contributed by atoms with E-state index in [1.54, 1.807) is 0 Å². The van der Waals surface area contributed by atoms with Crippen molar-refractivity contribution in [3.63, 3.8) is 0 Å². The molecule has 84 valence electrons. The molecule has 1 fully saturated rings. The van der Waals surface area contributed by atoms with Gasteiger partial charge in [0.1, 0.15) is 0 Å². The highest BCUT2D eigenvalue weighted by Gasteiger charge is 2.14. The zero-order valence-electron chi connectivity index (χ0n) is 9.78. The maximum absolute atomic E-state index is 4.45. The van der Waals surface area contributed by atoms with Gasteiger partial charge in [0.2, 0.25) is 0 Å². The second-order valence-corrected chi connectivity index (χ2v) is 4.82. The molecular formula is C13H22N2. The molecule has 2 rings (SSSR count). The van der Waals surface area contributed by atoms with E-state index in [1.807, 2.05) is 6.20 Å². The van der Waals surface area contributed by atoms with Gasteiger partial charge in [0.15, 0.2) is 0 Å². The Balaban J connectivity index is 1.86. The Morgan fingerprint density at radius 2 is 2.13 bits per heavy atom. The third-order valence-corrected chi connectivity index (χ3v) is 3.40. The first-order valence-electron chi connectivity index (χ1n) is 6.40. The van der Waals surface area contributed by atoms with Crippen LogP contribution in [0, 0.1) is 5.92 Å². The molecule has 0 aliphatic heterocycles. The molecule has 1 aliphatic carbocycles. The minimum atomic E-state index is 0.883. The largest absolute Gasteiger partial charge is 0.272 e. The summed E-state index contributed by atoms with van der Waals surface area (Å²) in [5.41, 5.74) is 1.40. The van der Waals surface area contributed by atoms with Crippen LogP contribution >= 0.6 is 0 Å². The highest BCUT2D eigenvalue weighted by molar-refractivity contribution is 5.03. The van der Waals surface area contributed by atoms with E-state index in [0.29, 0.717) is 0 Å². The minimum absolute atomic E-state index is 0.883. The molecule has 0 spiro atoms. The van der Waals surface area contributed by atoms with Gasteiger partial charge in [-0.1, -0.05) is 32.6 Å². The third-order valence-electron chi connectivity index (χ3n) is 3.40. The molecule has 0 atom stereocenters. The van der Waals surface area contributed by atoms with Crippen molar-refractivity contribution in [1.82, 2.24) is 9.78 Å². The summed E-state index contributed by atoms with van der Waals surface area (Å²) in [5.74, 6) is 0.883. The monoisotopic (exact) mass is 206 g/mol. The lowest BCUT2D eigenvalue weighted by Gasteiger charge is -2.21. The van der Waals surface area contributed by atoms with Gasteiger partial charge in [0.25, 0.3) is 0 Å². The molecule has 1 saturated carbocycles. The van der Waals surface area contributed by atoms with Gasteiger partial charge in [-0.3, -0.25) is 4.68 Å². The molecular weight excluding hydrogens is 184 g/mol. The lowest BCUT2D eigenvalue weighted by Crippen LogP contribution is -2.14. The maximum Gasteiger partial charge on any atom is 0.0521 e. The highest BCUT2D eigenvalue weighted by atomic mass is 15.3. The molecule has 0 amide bonds. The van der Waals surface area contributed by atoms with Crippen LogP contribution < -0.4 is 0 Å². The molecule has 2 nitrogen and oxygen atoms in total. The van der Waals surface area contributed by atoms with E-state index in [2.05, 4.69) is 22.9 Å². The van der Waals surface area contributed by atoms with Crippen molar-refractivity contribution in [3.8, 4) is 0 Å². The average molecular weight is 206 g/mol. The van der Waals surface area contributed by atoms with Gasteiger partial charge in [-0.25, -0.2) is 0 Å². The maximum atomic E-state index is 4.45. The lowest BCUT2D eigenvalue weighted by molar-refractivity contribution is 0.308. The van der Waals surface area contributed by atoms with Gasteiger partial charge in [-0.05, 0) is 30.7 Å². The van der Waals surface area contributed by atoms with E-state index in [1.165, 1.54) is 50.5 Å². The van der Waals surface area contributed by atoms with Crippen LogP contribution in [0.3, 0.4) is 0 Å². The van der Waals surface area contributed by atoms with Crippen molar-refractivity contribution in [2.75, 3.05) is 0 Å². The Hall–Kier alpha value is -0.790. The van der Waals surface area contributed by atoms with E-state index in [-0.39, 0.29) is 0 Å². The molecule has 1 heterocycles. The fraction of sp³-hybridized carbons (Fsp3) is 0.769. The van der Waals surface area contributed by atoms with Crippen molar-refractivity contribution in [1.29, 1.82) is 0 Å². The second kappa shape index (κ2) is 5.34. The number of aromatic nitrogens is 2. The zero-order chi connectivity index (χ0) is 10.5. The summed E-state index contributed by atoms with van der Waals surface area (Å²) in [7, 11) is 0. The van der Waals surface area contributed by atoms with E-state index in [0.717, 1.165) is 12.5 Å². The van der Waals surface area contributed by atoms with Crippen LogP contribution in [0.1, 0.15) is 51.0 Å². The van der Waals surface area contributed by atoms with Crippen molar-refractivity contribution in [2.24, 2.45) is 5.92 Å². The van der Waals surface area contributed by atoms with Gasteiger partial charge < -0.3 is 0 Å². The molecule has 0 saturated heterocycles. The summed E-state index contributed by atoms with van der Waals surface area (Å²) in [6, 6.07) is 0. The van der Waals surface area contributed by atoms with Crippen LogP contribution in [-0.4, -0.2) is 9.78 Å². The molecule has 0 radical (unpaired) electrons. The first-order valence-corrected chi connectivity index (χ1v) is 6.40. The van der Waals surface area contributed by atoms with Crippen LogP contribution in [0.5, 0.6) is 0 Å². The molecule has 15 heavy (non-hydrogen) atoms. The molecule has 0 bridgehead atoms. The van der Waals surface area contributed by atoms with E-state index in [9.17, 15) is 0 Å². The van der Waals surface area contributed by atoms with Crippen LogP contribution in [0.4, 0.5) is 0 Å². The SMILES string of the molecule is CCCc1cnn(CC2CCCCC2)c1. The zero-order valence-corrected chi connectivity index (χ0v) is 9.78. The van der Waals surface area contributed by atoms with Crippen molar-refractivity contribution >= 4 is 0 Å². The van der Waals surface area contributed by atoms with Crippen LogP contribution in [0.25, 0.3) is 0 Å². The molecule has 0 aromatic carbocycles. The Labute approximate surface area is 92.7 Å². The summed E-state index contributed by atoms with van der Waals surface area (Å²) < 4.78 is 2.15. The summed E-state index contributed by atoms with van der Waals surface area (Å²) >= 11 is 0. The van der Waals surface area contributed by atoms with Gasteiger partial charge in [0, 0.05) is 12.7 Å². The lowest BCUT2D eigenvalue weighted by atomic mass is 9.89. The normalized spacial score (nSPS) is 18.2. The quantitative estimate of drug-likeness (QED) is 0.738. The van der Waals surface area contributed by atoms with Gasteiger partial charge in [-0.15, -0.1) is 0 Å². The first kappa shape index (κ1) is 10.7. The van der Waals surface area contributed by atoms with E-state index >= 15 is 0 Å². The predicted molar refractivity (Wildman–Crippen MR) is 62.8 cm³/mol. The first-order chi connectivity index (χ1) is 7.38. The van der Waals surface area contributed by atoms with Gasteiger partial charge in [-0.2, -0.15) is 5.10 Å². The molecule has 1 aromatic rings. The van der Waals surface area contributed by atoms with Crippen LogP contribution in [0.15, 0.2) is 12.4 Å². The second-order valence-electron chi connectivity index (χ2n) is 4.82. The van der Waals surface area contributed by atoms with Crippen molar-refractivity contribution in [2.45, 2.75) is 58.4 Å². The number of rotatable bonds is 4. The van der Waals surface area contributed by atoms with Crippen LogP contribution in [-0.2, 0) is 13.0 Å². The highest BCUT2D eigenvalue weighted by Crippen LogP contribution is 2.24. The number of nitrogens with zero attached hydrogens (tertiary/aromatic N) is 2. The Bertz CT molecular complexity index is 284. The third kappa shape index (κ3) is 3.08. The fourth-order valence-electron chi connectivity index (χ4n) is 2.56. The van der Waals surface area contributed by atoms with Crippen molar-refractivity contribution in [3.05, 3.63) is 18.0 Å². The predicted octanol–water partition coefficient (Wildman–Crippen LogP) is 3.42. The number of aryl methyl sites for hydroxylation is 1. The van der Waals surface area contributed by atoms with Gasteiger partial charge >= 0.3 is 0 Å². The van der Waals surface area contributed by atoms with E-state index < -0.39 is 0 Å². The number of hydrogen-bond acceptors (Lipinski definition) is 1. The summed E-state index contributed by atoms with van der Waals surface area (Å²) in [6.07, 6.45) is 13.8. The Morgan fingerprint density at radius 3 is 2.87 bits per heavy atom. The Kier molecular flexibility index (Phi) is 3.81. The van der Waals surface area contributed by atoms with Crippen molar-refractivity contribution < 1.29 is 0 Å². The fourth-order valence-corrected chi connectivity index (χ4v) is 2.56. The molecule has 1 aromatic heterocycles. The topological polar surface area (TPSA) is 17.8 Å². The smallest absolute Gasteiger partial charge is 0.0521 e. The minimum Gasteiger partial charge on any atom is -0.272 e. The molecule has 2 heteroatoms. The van der Waals surface area contributed by atoms with Gasteiger partial charge in [0.05, 0.1) is 6.20 Å². The molecule has 1 aliphatic rings. The number of hydrogen-bond donors (Lipinski definition) is 0. The molecule has 0 N–H and O–H groups in total. The summed E-state index contributed by atoms with van der Waals surface area (Å²) in [6.45, 7) is 3.36. The Morgan fingerprint density at radius 1 is 1.33 bits per heavy atom. The van der Waals surface area contributed by atoms with E-state index in [4.69, 9.17) is 0 Å².